The van der Waals surface area contributed by atoms with E-state index >= 15 is 0 Å². The average Bonchev–Trinajstić information content (AvgIpc) is 3.49. The van der Waals surface area contributed by atoms with Crippen molar-refractivity contribution in [1.82, 2.24) is 9.80 Å². The van der Waals surface area contributed by atoms with Gasteiger partial charge in [-0.1, -0.05) is 45.8 Å². The number of hydrogen-bond acceptors (Lipinski definition) is 6. The van der Waals surface area contributed by atoms with Crippen molar-refractivity contribution in [2.24, 2.45) is 17.8 Å². The summed E-state index contributed by atoms with van der Waals surface area (Å²) < 4.78 is 12.0. The molecule has 1 N–H and O–H groups in total. The highest BCUT2D eigenvalue weighted by Gasteiger charge is 2.75. The van der Waals surface area contributed by atoms with E-state index < -0.39 is 41.6 Å². The second kappa shape index (κ2) is 12.4. The van der Waals surface area contributed by atoms with Crippen LogP contribution in [-0.4, -0.2) is 82.8 Å². The fourth-order valence-corrected chi connectivity index (χ4v) is 6.29. The summed E-state index contributed by atoms with van der Waals surface area (Å²) >= 11 is 0. The number of aliphatic hydroxyl groups is 1. The molecule has 8 heteroatoms. The number of nitrogens with zero attached hydrogens (tertiary/aromatic N) is 2. The first-order valence-electron chi connectivity index (χ1n) is 13.6. The molecule has 0 saturated carbocycles. The predicted octanol–water partition coefficient (Wildman–Crippen LogP) is 3.09. The lowest BCUT2D eigenvalue weighted by molar-refractivity contribution is -0.157. The van der Waals surface area contributed by atoms with Gasteiger partial charge in [-0.05, 0) is 38.0 Å². The summed E-state index contributed by atoms with van der Waals surface area (Å²) in [5.41, 5.74) is -1.09. The lowest BCUT2D eigenvalue weighted by atomic mass is 9.70. The third-order valence-electron chi connectivity index (χ3n) is 8.05. The van der Waals surface area contributed by atoms with Crippen LogP contribution in [0.15, 0.2) is 25.3 Å². The molecule has 6 atom stereocenters. The molecule has 3 rings (SSSR count). The fourth-order valence-electron chi connectivity index (χ4n) is 6.29. The molecule has 0 radical (unpaired) electrons. The Morgan fingerprint density at radius 3 is 2.64 bits per heavy atom. The molecule has 202 valence electrons. The molecule has 0 aromatic rings. The van der Waals surface area contributed by atoms with Gasteiger partial charge in [0.05, 0.1) is 37.2 Å². The summed E-state index contributed by atoms with van der Waals surface area (Å²) in [5, 5.41) is 10.3. The Morgan fingerprint density at radius 1 is 1.28 bits per heavy atom. The van der Waals surface area contributed by atoms with Gasteiger partial charge in [0, 0.05) is 13.1 Å². The molecule has 2 bridgehead atoms. The maximum Gasteiger partial charge on any atom is 0.312 e. The molecular formula is C28H44N2O6. The zero-order valence-electron chi connectivity index (χ0n) is 22.2. The quantitative estimate of drug-likeness (QED) is 0.209. The van der Waals surface area contributed by atoms with Crippen LogP contribution >= 0.6 is 0 Å². The number of allylic oxidation sites excluding steroid dienone is 1. The number of amides is 2. The van der Waals surface area contributed by atoms with Gasteiger partial charge >= 0.3 is 5.97 Å². The predicted molar refractivity (Wildman–Crippen MR) is 137 cm³/mol. The molecule has 3 saturated heterocycles. The number of unbranched alkanes of at least 4 members (excludes halogenated alkanes) is 3. The van der Waals surface area contributed by atoms with Crippen molar-refractivity contribution in [2.75, 3.05) is 26.3 Å². The number of rotatable bonds is 15. The summed E-state index contributed by atoms with van der Waals surface area (Å²) in [6.07, 6.45) is 8.41. The zero-order chi connectivity index (χ0) is 26.5. The first kappa shape index (κ1) is 28.4. The van der Waals surface area contributed by atoms with Crippen molar-refractivity contribution in [3.63, 3.8) is 0 Å². The van der Waals surface area contributed by atoms with E-state index in [1.807, 2.05) is 13.8 Å². The maximum atomic E-state index is 14.2. The van der Waals surface area contributed by atoms with Crippen molar-refractivity contribution >= 4 is 17.8 Å². The molecule has 0 aromatic carbocycles. The van der Waals surface area contributed by atoms with Gasteiger partial charge in [-0.2, -0.15) is 0 Å². The van der Waals surface area contributed by atoms with Gasteiger partial charge in [0.2, 0.25) is 11.8 Å². The monoisotopic (exact) mass is 504 g/mol. The minimum atomic E-state index is -1.09. The molecule has 36 heavy (non-hydrogen) atoms. The number of ether oxygens (including phenoxy) is 2. The van der Waals surface area contributed by atoms with E-state index in [4.69, 9.17) is 9.47 Å². The minimum Gasteiger partial charge on any atom is -0.465 e. The second-order valence-electron chi connectivity index (χ2n) is 10.7. The average molecular weight is 505 g/mol. The van der Waals surface area contributed by atoms with Crippen LogP contribution in [0, 0.1) is 17.8 Å². The molecule has 3 fully saturated rings. The first-order chi connectivity index (χ1) is 17.3. The van der Waals surface area contributed by atoms with Gasteiger partial charge in [0.15, 0.2) is 0 Å². The number of carbonyl (C=O) groups excluding carboxylic acids is 3. The van der Waals surface area contributed by atoms with Gasteiger partial charge in [-0.25, -0.2) is 0 Å². The van der Waals surface area contributed by atoms with Crippen LogP contribution in [0.4, 0.5) is 0 Å². The lowest BCUT2D eigenvalue weighted by Crippen LogP contribution is -2.59. The Bertz CT molecular complexity index is 829. The highest BCUT2D eigenvalue weighted by atomic mass is 16.6. The summed E-state index contributed by atoms with van der Waals surface area (Å²) in [5.74, 6) is -2.53. The van der Waals surface area contributed by atoms with Crippen LogP contribution in [0.25, 0.3) is 0 Å². The number of fused-ring (bicyclic) bond motifs is 1. The first-order valence-corrected chi connectivity index (χ1v) is 13.6. The summed E-state index contributed by atoms with van der Waals surface area (Å²) in [6, 6.07) is -1.45. The van der Waals surface area contributed by atoms with E-state index in [0.717, 1.165) is 25.7 Å². The Hall–Kier alpha value is -2.19. The van der Waals surface area contributed by atoms with Crippen LogP contribution in [0.3, 0.4) is 0 Å². The van der Waals surface area contributed by atoms with E-state index in [9.17, 15) is 19.5 Å². The molecule has 3 aliphatic rings. The Kier molecular flexibility index (Phi) is 9.75. The standard InChI is InChI=1S/C28H44N2O6/c1-6-9-11-16-29(15-8-3)26(33)24-28-14-13-21(36-28)22(27(34)35-17-12-10-7-2)23(28)25(32)30(24)20(18-31)19(4)5/h7-8,19-24,31H,2-3,6,9-18H2,1,4-5H3/t20-,21-,22+,23-,24?,28?/m0/s1. The molecule has 0 aliphatic carbocycles. The summed E-state index contributed by atoms with van der Waals surface area (Å²) in [7, 11) is 0. The molecular weight excluding hydrogens is 460 g/mol. The SMILES string of the molecule is C=CCCCOC(=O)[C@@H]1[C@@H]2CCC3(O2)C(C(=O)N(CC=C)CCCCC)N([C@@H](CO)C(C)C)C(=O)[C@H]13. The van der Waals surface area contributed by atoms with Crippen molar-refractivity contribution in [3.8, 4) is 0 Å². The minimum absolute atomic E-state index is 0.0843. The lowest BCUT2D eigenvalue weighted by Gasteiger charge is -2.40. The third-order valence-corrected chi connectivity index (χ3v) is 8.05. The van der Waals surface area contributed by atoms with Gasteiger partial charge in [0.1, 0.15) is 11.6 Å². The summed E-state index contributed by atoms with van der Waals surface area (Å²) in [6.45, 7) is 14.4. The Labute approximate surface area is 215 Å². The molecule has 2 amide bonds. The molecule has 0 aromatic heterocycles. The zero-order valence-corrected chi connectivity index (χ0v) is 22.2. The van der Waals surface area contributed by atoms with E-state index in [1.54, 1.807) is 22.0 Å². The number of esters is 1. The smallest absolute Gasteiger partial charge is 0.312 e. The molecule has 3 aliphatic heterocycles. The Balaban J connectivity index is 1.97. The molecule has 2 unspecified atom stereocenters. The number of carbonyl (C=O) groups is 3. The number of likely N-dealkylation sites (tertiary alicyclic amines) is 1. The van der Waals surface area contributed by atoms with E-state index in [-0.39, 0.29) is 30.9 Å². The van der Waals surface area contributed by atoms with E-state index in [0.29, 0.717) is 32.4 Å². The molecule has 3 heterocycles. The maximum absolute atomic E-state index is 14.2. The van der Waals surface area contributed by atoms with E-state index in [1.165, 1.54) is 0 Å². The van der Waals surface area contributed by atoms with Crippen molar-refractivity contribution in [3.05, 3.63) is 25.3 Å². The van der Waals surface area contributed by atoms with Gasteiger partial charge < -0.3 is 24.4 Å². The number of hydrogen-bond donors (Lipinski definition) is 1. The van der Waals surface area contributed by atoms with Crippen LogP contribution in [0.1, 0.15) is 65.7 Å². The Morgan fingerprint density at radius 2 is 2.03 bits per heavy atom. The van der Waals surface area contributed by atoms with E-state index in [2.05, 4.69) is 20.1 Å². The fraction of sp³-hybridized carbons (Fsp3) is 0.750. The van der Waals surface area contributed by atoms with Gasteiger partial charge in [-0.3, -0.25) is 14.4 Å². The molecule has 8 nitrogen and oxygen atoms in total. The van der Waals surface area contributed by atoms with Crippen LogP contribution < -0.4 is 0 Å². The highest BCUT2D eigenvalue weighted by molar-refractivity contribution is 5.98. The molecule has 1 spiro atoms. The second-order valence-corrected chi connectivity index (χ2v) is 10.7. The largest absolute Gasteiger partial charge is 0.465 e. The van der Waals surface area contributed by atoms with Gasteiger partial charge in [-0.15, -0.1) is 13.2 Å². The topological polar surface area (TPSA) is 96.4 Å². The van der Waals surface area contributed by atoms with Crippen molar-refractivity contribution in [1.29, 1.82) is 0 Å². The van der Waals surface area contributed by atoms with Crippen LogP contribution in [-0.2, 0) is 23.9 Å². The van der Waals surface area contributed by atoms with Crippen molar-refractivity contribution < 1.29 is 29.0 Å². The third kappa shape index (κ3) is 5.12. The number of aliphatic hydroxyl groups excluding tert-OH is 1. The van der Waals surface area contributed by atoms with Crippen LogP contribution in [0.2, 0.25) is 0 Å². The van der Waals surface area contributed by atoms with Gasteiger partial charge in [0.25, 0.3) is 0 Å². The normalized spacial score (nSPS) is 29.4. The summed E-state index contributed by atoms with van der Waals surface area (Å²) in [4.78, 5) is 44.7. The van der Waals surface area contributed by atoms with Crippen LogP contribution in [0.5, 0.6) is 0 Å². The van der Waals surface area contributed by atoms with Crippen molar-refractivity contribution in [2.45, 2.75) is 89.5 Å². The highest BCUT2D eigenvalue weighted by Crippen LogP contribution is 2.59.